The molecule has 2 aromatic carbocycles. The minimum Gasteiger partial charge on any atom is -0.467 e. The molecule has 0 unspecified atom stereocenters. The number of tetrazole rings is 1. The zero-order valence-corrected chi connectivity index (χ0v) is 18.0. The third-order valence-electron chi connectivity index (χ3n) is 4.99. The lowest BCUT2D eigenvalue weighted by atomic mass is 10.1. The van der Waals surface area contributed by atoms with Crippen molar-refractivity contribution in [2.24, 2.45) is 0 Å². The van der Waals surface area contributed by atoms with E-state index in [0.717, 1.165) is 5.56 Å². The number of carbonyl (C=O) groups excluding carboxylic acids is 1. The van der Waals surface area contributed by atoms with Crippen molar-refractivity contribution in [3.63, 3.8) is 0 Å². The summed E-state index contributed by atoms with van der Waals surface area (Å²) in [7, 11) is 0. The molecule has 0 aliphatic rings. The van der Waals surface area contributed by atoms with Crippen LogP contribution in [0.3, 0.4) is 0 Å². The number of halogens is 2. The molecule has 3 aromatic heterocycles. The number of rotatable bonds is 8. The lowest BCUT2D eigenvalue weighted by molar-refractivity contribution is 0.0948. The number of amides is 1. The van der Waals surface area contributed by atoms with Crippen LogP contribution in [0.5, 0.6) is 0 Å². The first-order chi connectivity index (χ1) is 17.0. The van der Waals surface area contributed by atoms with Gasteiger partial charge in [-0.1, -0.05) is 24.3 Å². The fourth-order valence-electron chi connectivity index (χ4n) is 3.26. The van der Waals surface area contributed by atoms with E-state index in [1.54, 1.807) is 66.9 Å². The van der Waals surface area contributed by atoms with Crippen LogP contribution in [-0.4, -0.2) is 36.3 Å². The van der Waals surface area contributed by atoms with E-state index in [-0.39, 0.29) is 18.3 Å². The molecule has 12 heteroatoms. The van der Waals surface area contributed by atoms with Gasteiger partial charge in [0.25, 0.3) is 11.8 Å². The van der Waals surface area contributed by atoms with Crippen LogP contribution in [0.1, 0.15) is 34.0 Å². The largest absolute Gasteiger partial charge is 0.467 e. The van der Waals surface area contributed by atoms with Crippen LogP contribution in [0.25, 0.3) is 22.8 Å². The van der Waals surface area contributed by atoms with Crippen LogP contribution in [0, 0.1) is 0 Å². The van der Waals surface area contributed by atoms with Gasteiger partial charge in [0, 0.05) is 16.7 Å². The number of hydrogen-bond donors (Lipinski definition) is 1. The normalized spacial score (nSPS) is 11.2. The van der Waals surface area contributed by atoms with Crippen molar-refractivity contribution in [1.82, 2.24) is 35.7 Å². The van der Waals surface area contributed by atoms with Gasteiger partial charge in [0.2, 0.25) is 11.7 Å². The predicted molar refractivity (Wildman–Crippen MR) is 117 cm³/mol. The Balaban J connectivity index is 1.24. The summed E-state index contributed by atoms with van der Waals surface area (Å²) < 4.78 is 35.4. The standard InChI is InChI=1S/C23H17F2N7O3/c24-19(25)23-29-28-22(35-23)15-8-6-14(7-9-15)13-32-30-20(27-31-32)16-3-1-4-17(11-16)21(33)26-12-18-5-2-10-34-18/h1-11,19H,12-13H2,(H,26,33). The van der Waals surface area contributed by atoms with Crippen molar-refractivity contribution in [2.75, 3.05) is 0 Å². The van der Waals surface area contributed by atoms with E-state index in [4.69, 9.17) is 8.83 Å². The highest BCUT2D eigenvalue weighted by Gasteiger charge is 2.17. The van der Waals surface area contributed by atoms with Gasteiger partial charge in [0.15, 0.2) is 0 Å². The van der Waals surface area contributed by atoms with Gasteiger partial charge in [0.05, 0.1) is 19.4 Å². The highest BCUT2D eigenvalue weighted by Crippen LogP contribution is 2.23. The quantitative estimate of drug-likeness (QED) is 0.357. The SMILES string of the molecule is O=C(NCc1ccco1)c1cccc(-c2nnn(Cc3ccc(-c4nnc(C(F)F)o4)cc3)n2)c1. The molecule has 176 valence electrons. The van der Waals surface area contributed by atoms with Crippen molar-refractivity contribution < 1.29 is 22.4 Å². The second kappa shape index (κ2) is 9.63. The fraction of sp³-hybridized carbons (Fsp3) is 0.130. The summed E-state index contributed by atoms with van der Waals surface area (Å²) in [5, 5.41) is 22.3. The third kappa shape index (κ3) is 5.11. The number of nitrogens with one attached hydrogen (secondary N) is 1. The molecule has 0 radical (unpaired) electrons. The molecule has 1 N–H and O–H groups in total. The van der Waals surface area contributed by atoms with E-state index in [0.29, 0.717) is 34.8 Å². The number of furan rings is 1. The van der Waals surface area contributed by atoms with Crippen LogP contribution < -0.4 is 5.32 Å². The molecule has 0 aliphatic heterocycles. The van der Waals surface area contributed by atoms with E-state index in [2.05, 4.69) is 30.9 Å². The average molecular weight is 477 g/mol. The zero-order valence-electron chi connectivity index (χ0n) is 18.0. The van der Waals surface area contributed by atoms with Gasteiger partial charge in [-0.15, -0.1) is 20.4 Å². The van der Waals surface area contributed by atoms with Gasteiger partial charge in [-0.25, -0.2) is 0 Å². The van der Waals surface area contributed by atoms with Crippen molar-refractivity contribution in [2.45, 2.75) is 19.5 Å². The molecule has 5 aromatic rings. The molecular formula is C23H17F2N7O3. The van der Waals surface area contributed by atoms with E-state index in [9.17, 15) is 13.6 Å². The van der Waals surface area contributed by atoms with E-state index in [1.807, 2.05) is 0 Å². The molecule has 0 atom stereocenters. The fourth-order valence-corrected chi connectivity index (χ4v) is 3.26. The van der Waals surface area contributed by atoms with Gasteiger partial charge in [0.1, 0.15) is 5.76 Å². The Morgan fingerprint density at radius 1 is 1.00 bits per heavy atom. The molecule has 5 rings (SSSR count). The number of nitrogens with zero attached hydrogens (tertiary/aromatic N) is 6. The minimum atomic E-state index is -2.82. The maximum absolute atomic E-state index is 12.6. The Labute approximate surface area is 196 Å². The summed E-state index contributed by atoms with van der Waals surface area (Å²) in [6.07, 6.45) is -1.27. The molecule has 1 amide bonds. The second-order valence-corrected chi connectivity index (χ2v) is 7.43. The summed E-state index contributed by atoms with van der Waals surface area (Å²) in [5.41, 5.74) is 2.46. The molecule has 3 heterocycles. The molecule has 0 spiro atoms. The Morgan fingerprint density at radius 3 is 2.60 bits per heavy atom. The lowest BCUT2D eigenvalue weighted by Crippen LogP contribution is -2.22. The number of hydrogen-bond acceptors (Lipinski definition) is 8. The van der Waals surface area contributed by atoms with Gasteiger partial charge in [-0.05, 0) is 47.2 Å². The lowest BCUT2D eigenvalue weighted by Gasteiger charge is -2.04. The first kappa shape index (κ1) is 22.1. The molecule has 0 fully saturated rings. The maximum atomic E-state index is 12.6. The minimum absolute atomic E-state index is 0.0149. The van der Waals surface area contributed by atoms with Crippen LogP contribution in [0.2, 0.25) is 0 Å². The monoisotopic (exact) mass is 477 g/mol. The Bertz CT molecular complexity index is 1430. The van der Waals surface area contributed by atoms with Crippen molar-refractivity contribution in [3.8, 4) is 22.8 Å². The Morgan fingerprint density at radius 2 is 1.86 bits per heavy atom. The summed E-state index contributed by atoms with van der Waals surface area (Å²) in [6.45, 7) is 0.603. The zero-order chi connectivity index (χ0) is 24.2. The van der Waals surface area contributed by atoms with Gasteiger partial charge >= 0.3 is 6.43 Å². The molecule has 10 nitrogen and oxygen atoms in total. The van der Waals surface area contributed by atoms with E-state index >= 15 is 0 Å². The maximum Gasteiger partial charge on any atom is 0.314 e. The first-order valence-corrected chi connectivity index (χ1v) is 10.4. The topological polar surface area (TPSA) is 125 Å². The molecule has 0 aliphatic carbocycles. The van der Waals surface area contributed by atoms with Gasteiger partial charge in [-0.3, -0.25) is 4.79 Å². The highest BCUT2D eigenvalue weighted by atomic mass is 19.3. The van der Waals surface area contributed by atoms with Crippen molar-refractivity contribution in [3.05, 3.63) is 89.7 Å². The third-order valence-corrected chi connectivity index (χ3v) is 4.99. The van der Waals surface area contributed by atoms with E-state index < -0.39 is 12.3 Å². The number of alkyl halides is 2. The van der Waals surface area contributed by atoms with E-state index in [1.165, 1.54) is 4.80 Å². The first-order valence-electron chi connectivity index (χ1n) is 10.4. The van der Waals surface area contributed by atoms with Gasteiger partial charge in [-0.2, -0.15) is 13.6 Å². The second-order valence-electron chi connectivity index (χ2n) is 7.43. The molecule has 35 heavy (non-hydrogen) atoms. The predicted octanol–water partition coefficient (Wildman–Crippen LogP) is 3.90. The summed E-state index contributed by atoms with van der Waals surface area (Å²) in [5.74, 6) is 0.0658. The van der Waals surface area contributed by atoms with Gasteiger partial charge < -0.3 is 14.2 Å². The number of aromatic nitrogens is 6. The average Bonchev–Trinajstić information content (AvgIpc) is 3.65. The summed E-state index contributed by atoms with van der Waals surface area (Å²) in [6, 6.07) is 17.4. The number of benzene rings is 2. The Kier molecular flexibility index (Phi) is 6.07. The number of carbonyl (C=O) groups is 1. The summed E-state index contributed by atoms with van der Waals surface area (Å²) in [4.78, 5) is 13.9. The van der Waals surface area contributed by atoms with Crippen LogP contribution in [0.15, 0.2) is 75.8 Å². The van der Waals surface area contributed by atoms with Crippen molar-refractivity contribution in [1.29, 1.82) is 0 Å². The van der Waals surface area contributed by atoms with Crippen LogP contribution in [0.4, 0.5) is 8.78 Å². The molecule has 0 bridgehead atoms. The van der Waals surface area contributed by atoms with Crippen LogP contribution >= 0.6 is 0 Å². The molecule has 0 saturated heterocycles. The Hall–Kier alpha value is -4.74. The summed E-state index contributed by atoms with van der Waals surface area (Å²) >= 11 is 0. The smallest absolute Gasteiger partial charge is 0.314 e. The molecular weight excluding hydrogens is 460 g/mol. The molecule has 0 saturated carbocycles. The highest BCUT2D eigenvalue weighted by molar-refractivity contribution is 5.95. The van der Waals surface area contributed by atoms with Crippen molar-refractivity contribution >= 4 is 5.91 Å². The van der Waals surface area contributed by atoms with Crippen LogP contribution in [-0.2, 0) is 13.1 Å².